The van der Waals surface area contributed by atoms with Gasteiger partial charge in [-0.1, -0.05) is 29.3 Å². The smallest absolute Gasteiger partial charge is 0.0721 e. The van der Waals surface area contributed by atoms with E-state index in [0.717, 1.165) is 29.9 Å². The molecule has 19 heavy (non-hydrogen) atoms. The number of pyridine rings is 1. The highest BCUT2D eigenvalue weighted by atomic mass is 35.5. The fraction of sp³-hybridized carbons (Fsp3) is 0.267. The first-order valence-electron chi connectivity index (χ1n) is 6.40. The lowest BCUT2D eigenvalue weighted by Crippen LogP contribution is -2.14. The molecule has 2 heterocycles. The SMILES string of the molecule is Clc1ccc(-c2cccc(C3CCCN3)n2)c(Cl)c1. The molecule has 1 atom stereocenters. The number of rotatable bonds is 2. The first-order chi connectivity index (χ1) is 9.24. The van der Waals surface area contributed by atoms with Gasteiger partial charge in [0.15, 0.2) is 0 Å². The van der Waals surface area contributed by atoms with Crippen molar-refractivity contribution in [2.75, 3.05) is 6.54 Å². The van der Waals surface area contributed by atoms with E-state index < -0.39 is 0 Å². The van der Waals surface area contributed by atoms with E-state index in [2.05, 4.69) is 11.4 Å². The van der Waals surface area contributed by atoms with Gasteiger partial charge in [-0.05, 0) is 49.7 Å². The highest BCUT2D eigenvalue weighted by Gasteiger charge is 2.18. The number of hydrogen-bond acceptors (Lipinski definition) is 2. The Morgan fingerprint density at radius 3 is 2.79 bits per heavy atom. The molecular weight excluding hydrogens is 279 g/mol. The Labute approximate surface area is 122 Å². The van der Waals surface area contributed by atoms with E-state index in [4.69, 9.17) is 28.2 Å². The van der Waals surface area contributed by atoms with Crippen molar-refractivity contribution in [3.8, 4) is 11.3 Å². The van der Waals surface area contributed by atoms with Gasteiger partial charge in [-0.15, -0.1) is 0 Å². The second kappa shape index (κ2) is 5.49. The molecule has 2 nitrogen and oxygen atoms in total. The van der Waals surface area contributed by atoms with Crippen LogP contribution in [0, 0.1) is 0 Å². The molecule has 0 saturated carbocycles. The highest BCUT2D eigenvalue weighted by Crippen LogP contribution is 2.30. The van der Waals surface area contributed by atoms with E-state index in [1.807, 2.05) is 24.3 Å². The molecule has 2 aromatic rings. The molecule has 1 aliphatic heterocycles. The molecule has 3 rings (SSSR count). The minimum atomic E-state index is 0.367. The third kappa shape index (κ3) is 2.76. The van der Waals surface area contributed by atoms with Crippen molar-refractivity contribution in [3.63, 3.8) is 0 Å². The number of nitrogens with one attached hydrogen (secondary N) is 1. The summed E-state index contributed by atoms with van der Waals surface area (Å²) in [6.07, 6.45) is 2.35. The molecule has 1 aromatic carbocycles. The van der Waals surface area contributed by atoms with Crippen LogP contribution in [0.2, 0.25) is 10.0 Å². The predicted molar refractivity (Wildman–Crippen MR) is 79.7 cm³/mol. The molecule has 0 aliphatic carbocycles. The zero-order valence-corrected chi connectivity index (χ0v) is 11.9. The monoisotopic (exact) mass is 292 g/mol. The van der Waals surface area contributed by atoms with Gasteiger partial charge in [-0.25, -0.2) is 0 Å². The van der Waals surface area contributed by atoms with Gasteiger partial charge in [-0.2, -0.15) is 0 Å². The molecule has 0 amide bonds. The summed E-state index contributed by atoms with van der Waals surface area (Å²) in [6.45, 7) is 1.07. The highest BCUT2D eigenvalue weighted by molar-refractivity contribution is 6.36. The molecule has 1 saturated heterocycles. The van der Waals surface area contributed by atoms with Gasteiger partial charge in [0.2, 0.25) is 0 Å². The number of halogens is 2. The number of nitrogens with zero attached hydrogens (tertiary/aromatic N) is 1. The molecule has 1 N–H and O–H groups in total. The molecule has 1 unspecified atom stereocenters. The van der Waals surface area contributed by atoms with Crippen molar-refractivity contribution >= 4 is 23.2 Å². The molecule has 0 radical (unpaired) electrons. The van der Waals surface area contributed by atoms with Crippen molar-refractivity contribution in [3.05, 3.63) is 52.1 Å². The molecule has 98 valence electrons. The Balaban J connectivity index is 1.98. The van der Waals surface area contributed by atoms with Crippen molar-refractivity contribution in [1.29, 1.82) is 0 Å². The van der Waals surface area contributed by atoms with Crippen LogP contribution in [0.15, 0.2) is 36.4 Å². The zero-order chi connectivity index (χ0) is 13.2. The summed E-state index contributed by atoms with van der Waals surface area (Å²) in [7, 11) is 0. The Bertz CT molecular complexity index is 592. The maximum absolute atomic E-state index is 6.24. The van der Waals surface area contributed by atoms with Crippen molar-refractivity contribution in [2.45, 2.75) is 18.9 Å². The van der Waals surface area contributed by atoms with Crippen LogP contribution in [0.1, 0.15) is 24.6 Å². The largest absolute Gasteiger partial charge is 0.309 e. The van der Waals surface area contributed by atoms with Crippen LogP contribution >= 0.6 is 23.2 Å². The lowest BCUT2D eigenvalue weighted by Gasteiger charge is -2.11. The van der Waals surface area contributed by atoms with Crippen molar-refractivity contribution in [1.82, 2.24) is 10.3 Å². The minimum Gasteiger partial charge on any atom is -0.309 e. The second-order valence-corrected chi connectivity index (χ2v) is 5.56. The third-order valence-corrected chi connectivity index (χ3v) is 3.94. The lowest BCUT2D eigenvalue weighted by molar-refractivity contribution is 0.628. The van der Waals surface area contributed by atoms with Crippen LogP contribution in [0.25, 0.3) is 11.3 Å². The Kier molecular flexibility index (Phi) is 3.74. The number of benzene rings is 1. The van der Waals surface area contributed by atoms with Gasteiger partial charge in [0.1, 0.15) is 0 Å². The summed E-state index contributed by atoms with van der Waals surface area (Å²) in [5.41, 5.74) is 2.90. The fourth-order valence-corrected chi connectivity index (χ4v) is 2.94. The van der Waals surface area contributed by atoms with Gasteiger partial charge in [-0.3, -0.25) is 4.98 Å². The average Bonchev–Trinajstić information content (AvgIpc) is 2.93. The Hall–Kier alpha value is -1.09. The summed E-state index contributed by atoms with van der Waals surface area (Å²) in [5, 5.41) is 4.74. The van der Waals surface area contributed by atoms with Gasteiger partial charge < -0.3 is 5.32 Å². The van der Waals surface area contributed by atoms with Crippen LogP contribution in [0.5, 0.6) is 0 Å². The molecular formula is C15H14Cl2N2. The van der Waals surface area contributed by atoms with Crippen LogP contribution < -0.4 is 5.32 Å². The molecule has 1 aromatic heterocycles. The molecule has 1 aliphatic rings. The van der Waals surface area contributed by atoms with Gasteiger partial charge in [0.05, 0.1) is 16.4 Å². The number of aromatic nitrogens is 1. The second-order valence-electron chi connectivity index (χ2n) is 4.72. The Morgan fingerprint density at radius 1 is 1.16 bits per heavy atom. The molecule has 4 heteroatoms. The van der Waals surface area contributed by atoms with Crippen molar-refractivity contribution < 1.29 is 0 Å². The fourth-order valence-electron chi connectivity index (χ4n) is 2.43. The van der Waals surface area contributed by atoms with Crippen LogP contribution in [-0.2, 0) is 0 Å². The van der Waals surface area contributed by atoms with Crippen LogP contribution in [0.3, 0.4) is 0 Å². The summed E-state index contributed by atoms with van der Waals surface area (Å²) in [6, 6.07) is 11.9. The van der Waals surface area contributed by atoms with E-state index >= 15 is 0 Å². The summed E-state index contributed by atoms with van der Waals surface area (Å²) >= 11 is 12.2. The maximum atomic E-state index is 6.24. The van der Waals surface area contributed by atoms with E-state index in [0.29, 0.717) is 16.1 Å². The standard InChI is InChI=1S/C15H14Cl2N2/c16-10-6-7-11(12(17)9-10)13-3-1-4-15(19-13)14-5-2-8-18-14/h1,3-4,6-7,9,14,18H,2,5,8H2. The average molecular weight is 293 g/mol. The normalized spacial score (nSPS) is 18.7. The predicted octanol–water partition coefficient (Wildman–Crippen LogP) is 4.48. The number of hydrogen-bond donors (Lipinski definition) is 1. The van der Waals surface area contributed by atoms with Crippen molar-refractivity contribution in [2.24, 2.45) is 0 Å². The maximum Gasteiger partial charge on any atom is 0.0721 e. The topological polar surface area (TPSA) is 24.9 Å². The zero-order valence-electron chi connectivity index (χ0n) is 10.4. The summed E-state index contributed by atoms with van der Waals surface area (Å²) in [5.74, 6) is 0. The molecule has 0 bridgehead atoms. The van der Waals surface area contributed by atoms with E-state index in [1.165, 1.54) is 6.42 Å². The van der Waals surface area contributed by atoms with E-state index in [9.17, 15) is 0 Å². The van der Waals surface area contributed by atoms with E-state index in [-0.39, 0.29) is 0 Å². The summed E-state index contributed by atoms with van der Waals surface area (Å²) < 4.78 is 0. The van der Waals surface area contributed by atoms with Crippen LogP contribution in [0.4, 0.5) is 0 Å². The van der Waals surface area contributed by atoms with Gasteiger partial charge in [0.25, 0.3) is 0 Å². The first-order valence-corrected chi connectivity index (χ1v) is 7.15. The molecule has 0 spiro atoms. The quantitative estimate of drug-likeness (QED) is 0.883. The Morgan fingerprint density at radius 2 is 2.05 bits per heavy atom. The van der Waals surface area contributed by atoms with Crippen LogP contribution in [-0.4, -0.2) is 11.5 Å². The minimum absolute atomic E-state index is 0.367. The summed E-state index contributed by atoms with van der Waals surface area (Å²) in [4.78, 5) is 4.73. The first kappa shape index (κ1) is 12.9. The molecule has 1 fully saturated rings. The third-order valence-electron chi connectivity index (χ3n) is 3.40. The van der Waals surface area contributed by atoms with Gasteiger partial charge >= 0.3 is 0 Å². The lowest BCUT2D eigenvalue weighted by atomic mass is 10.1. The van der Waals surface area contributed by atoms with E-state index in [1.54, 1.807) is 6.07 Å². The van der Waals surface area contributed by atoms with Gasteiger partial charge in [0, 0.05) is 16.6 Å².